The molecule has 4 rings (SSSR count). The molecule has 0 aliphatic carbocycles. The number of furan rings is 1. The Morgan fingerprint density at radius 2 is 2.29 bits per heavy atom. The van der Waals surface area contributed by atoms with E-state index >= 15 is 0 Å². The highest BCUT2D eigenvalue weighted by Crippen LogP contribution is 2.32. The van der Waals surface area contributed by atoms with Gasteiger partial charge in [0.15, 0.2) is 5.58 Å². The summed E-state index contributed by atoms with van der Waals surface area (Å²) in [6.45, 7) is 1.52. The quantitative estimate of drug-likeness (QED) is 0.732. The van der Waals surface area contributed by atoms with Crippen molar-refractivity contribution >= 4 is 34.5 Å². The van der Waals surface area contributed by atoms with Crippen molar-refractivity contribution in [2.24, 2.45) is 0 Å². The van der Waals surface area contributed by atoms with E-state index in [4.69, 9.17) is 21.8 Å². The van der Waals surface area contributed by atoms with E-state index in [9.17, 15) is 0 Å². The van der Waals surface area contributed by atoms with E-state index in [1.807, 2.05) is 18.3 Å². The van der Waals surface area contributed by atoms with Gasteiger partial charge in [-0.25, -0.2) is 4.98 Å². The van der Waals surface area contributed by atoms with Gasteiger partial charge in [-0.3, -0.25) is 4.98 Å². The molecule has 3 aromatic heterocycles. The highest BCUT2D eigenvalue weighted by atomic mass is 35.5. The van der Waals surface area contributed by atoms with Crippen LogP contribution in [0.4, 0.5) is 11.8 Å². The second-order valence-electron chi connectivity index (χ2n) is 4.99. The van der Waals surface area contributed by atoms with E-state index < -0.39 is 0 Å². The molecule has 0 bridgehead atoms. The Morgan fingerprint density at radius 3 is 3.19 bits per heavy atom. The van der Waals surface area contributed by atoms with Gasteiger partial charge in [0.25, 0.3) is 0 Å². The van der Waals surface area contributed by atoms with Gasteiger partial charge in [-0.2, -0.15) is 4.98 Å². The molecule has 7 heteroatoms. The molecule has 21 heavy (non-hydrogen) atoms. The van der Waals surface area contributed by atoms with Crippen molar-refractivity contribution < 1.29 is 4.42 Å². The normalized spacial score (nSPS) is 13.9. The SMILES string of the molecule is Nc1nc(Cl)c2c(n1)N(Cc1cnc3ccoc3c1)CC2. The Kier molecular flexibility index (Phi) is 2.71. The van der Waals surface area contributed by atoms with Crippen LogP contribution >= 0.6 is 11.6 Å². The molecule has 3 aromatic rings. The van der Waals surface area contributed by atoms with Gasteiger partial charge in [-0.1, -0.05) is 11.6 Å². The minimum Gasteiger partial charge on any atom is -0.463 e. The molecule has 0 aromatic carbocycles. The van der Waals surface area contributed by atoms with E-state index in [1.54, 1.807) is 6.26 Å². The van der Waals surface area contributed by atoms with Crippen LogP contribution in [0.3, 0.4) is 0 Å². The summed E-state index contributed by atoms with van der Waals surface area (Å²) in [5.74, 6) is 1.01. The summed E-state index contributed by atoms with van der Waals surface area (Å²) >= 11 is 6.12. The summed E-state index contributed by atoms with van der Waals surface area (Å²) in [6, 6.07) is 3.84. The number of halogens is 1. The Labute approximate surface area is 125 Å². The van der Waals surface area contributed by atoms with E-state index in [-0.39, 0.29) is 5.95 Å². The first-order valence-electron chi connectivity index (χ1n) is 6.59. The predicted molar refractivity (Wildman–Crippen MR) is 80.2 cm³/mol. The maximum absolute atomic E-state index is 6.12. The van der Waals surface area contributed by atoms with Crippen molar-refractivity contribution in [2.45, 2.75) is 13.0 Å². The summed E-state index contributed by atoms with van der Waals surface area (Å²) in [5.41, 5.74) is 9.34. The molecule has 1 aliphatic rings. The number of pyridine rings is 1. The molecule has 0 atom stereocenters. The number of nitrogen functional groups attached to an aromatic ring is 1. The number of anilines is 2. The molecule has 6 nitrogen and oxygen atoms in total. The number of aromatic nitrogens is 3. The number of nitrogens with zero attached hydrogens (tertiary/aromatic N) is 4. The van der Waals surface area contributed by atoms with Crippen LogP contribution in [-0.4, -0.2) is 21.5 Å². The molecule has 0 unspecified atom stereocenters. The van der Waals surface area contributed by atoms with Gasteiger partial charge in [0.1, 0.15) is 16.5 Å². The zero-order chi connectivity index (χ0) is 14.4. The van der Waals surface area contributed by atoms with Gasteiger partial charge in [-0.05, 0) is 18.1 Å². The molecule has 0 saturated carbocycles. The van der Waals surface area contributed by atoms with Gasteiger partial charge in [0.2, 0.25) is 5.95 Å². The van der Waals surface area contributed by atoms with Gasteiger partial charge >= 0.3 is 0 Å². The maximum atomic E-state index is 6.12. The van der Waals surface area contributed by atoms with E-state index in [2.05, 4.69) is 19.9 Å². The van der Waals surface area contributed by atoms with E-state index in [1.165, 1.54) is 0 Å². The minimum atomic E-state index is 0.199. The topological polar surface area (TPSA) is 81.1 Å². The zero-order valence-corrected chi connectivity index (χ0v) is 11.8. The lowest BCUT2D eigenvalue weighted by Gasteiger charge is -2.18. The third kappa shape index (κ3) is 2.08. The van der Waals surface area contributed by atoms with Crippen molar-refractivity contribution in [2.75, 3.05) is 17.2 Å². The first-order valence-corrected chi connectivity index (χ1v) is 6.97. The lowest BCUT2D eigenvalue weighted by atomic mass is 10.2. The van der Waals surface area contributed by atoms with Gasteiger partial charge in [0, 0.05) is 30.9 Å². The minimum absolute atomic E-state index is 0.199. The largest absolute Gasteiger partial charge is 0.463 e. The zero-order valence-electron chi connectivity index (χ0n) is 11.1. The fourth-order valence-corrected chi connectivity index (χ4v) is 2.90. The summed E-state index contributed by atoms with van der Waals surface area (Å²) < 4.78 is 5.38. The Morgan fingerprint density at radius 1 is 1.38 bits per heavy atom. The molecule has 0 radical (unpaired) electrons. The second kappa shape index (κ2) is 4.60. The lowest BCUT2D eigenvalue weighted by Crippen LogP contribution is -2.21. The smallest absolute Gasteiger partial charge is 0.223 e. The van der Waals surface area contributed by atoms with Gasteiger partial charge in [-0.15, -0.1) is 0 Å². The van der Waals surface area contributed by atoms with E-state index in [0.717, 1.165) is 41.0 Å². The standard InChI is InChI=1S/C14H12ClN5O/c15-12-9-1-3-20(13(9)19-14(16)18-12)7-8-5-11-10(17-6-8)2-4-21-11/h2,4-6H,1,3,7H2,(H2,16,18,19). The molecule has 4 heterocycles. The summed E-state index contributed by atoms with van der Waals surface area (Å²) in [5, 5.41) is 0.444. The molecule has 1 aliphatic heterocycles. The average molecular weight is 302 g/mol. The van der Waals surface area contributed by atoms with Crippen LogP contribution in [0.5, 0.6) is 0 Å². The summed E-state index contributed by atoms with van der Waals surface area (Å²) in [6.07, 6.45) is 4.31. The van der Waals surface area contributed by atoms with Crippen molar-refractivity contribution in [3.63, 3.8) is 0 Å². The first kappa shape index (κ1) is 12.4. The molecule has 0 amide bonds. The number of fused-ring (bicyclic) bond motifs is 2. The van der Waals surface area contributed by atoms with Crippen LogP contribution in [0.2, 0.25) is 5.15 Å². The number of nitrogens with two attached hydrogens (primary N) is 1. The summed E-state index contributed by atoms with van der Waals surface area (Å²) in [7, 11) is 0. The highest BCUT2D eigenvalue weighted by Gasteiger charge is 2.24. The molecular weight excluding hydrogens is 290 g/mol. The Balaban J connectivity index is 1.67. The van der Waals surface area contributed by atoms with Crippen molar-refractivity contribution in [1.82, 2.24) is 15.0 Å². The maximum Gasteiger partial charge on any atom is 0.223 e. The monoisotopic (exact) mass is 301 g/mol. The first-order chi connectivity index (χ1) is 10.2. The molecule has 0 fully saturated rings. The van der Waals surface area contributed by atoms with Crippen LogP contribution in [0.1, 0.15) is 11.1 Å². The van der Waals surface area contributed by atoms with Gasteiger partial charge in [0.05, 0.1) is 6.26 Å². The predicted octanol–water partition coefficient (Wildman–Crippen LogP) is 2.42. The molecular formula is C14H12ClN5O. The number of hydrogen-bond donors (Lipinski definition) is 1. The lowest BCUT2D eigenvalue weighted by molar-refractivity contribution is 0.614. The van der Waals surface area contributed by atoms with Crippen LogP contribution in [0.25, 0.3) is 11.1 Å². The van der Waals surface area contributed by atoms with Crippen LogP contribution < -0.4 is 10.6 Å². The molecule has 106 valence electrons. The van der Waals surface area contributed by atoms with Crippen molar-refractivity contribution in [3.05, 3.63) is 40.9 Å². The van der Waals surface area contributed by atoms with Crippen molar-refractivity contribution in [1.29, 1.82) is 0 Å². The fraction of sp³-hybridized carbons (Fsp3) is 0.214. The summed E-state index contributed by atoms with van der Waals surface area (Å²) in [4.78, 5) is 14.8. The second-order valence-corrected chi connectivity index (χ2v) is 5.35. The fourth-order valence-electron chi connectivity index (χ4n) is 2.64. The van der Waals surface area contributed by atoms with Crippen LogP contribution in [-0.2, 0) is 13.0 Å². The van der Waals surface area contributed by atoms with Crippen LogP contribution in [0, 0.1) is 0 Å². The molecule has 0 saturated heterocycles. The van der Waals surface area contributed by atoms with Gasteiger partial charge < -0.3 is 15.1 Å². The Bertz CT molecular complexity index is 831. The van der Waals surface area contributed by atoms with Crippen molar-refractivity contribution in [3.8, 4) is 0 Å². The third-order valence-electron chi connectivity index (χ3n) is 3.62. The van der Waals surface area contributed by atoms with E-state index in [0.29, 0.717) is 11.7 Å². The Hall–Kier alpha value is -2.34. The van der Waals surface area contributed by atoms with Crippen LogP contribution in [0.15, 0.2) is 29.0 Å². The third-order valence-corrected chi connectivity index (χ3v) is 3.93. The average Bonchev–Trinajstić information content (AvgIpc) is 3.06. The molecule has 0 spiro atoms. The molecule has 2 N–H and O–H groups in total. The number of rotatable bonds is 2. The number of hydrogen-bond acceptors (Lipinski definition) is 6. The highest BCUT2D eigenvalue weighted by molar-refractivity contribution is 6.30.